The molecule has 0 fully saturated rings. The lowest BCUT2D eigenvalue weighted by Gasteiger charge is -2.06. The van der Waals surface area contributed by atoms with Crippen molar-refractivity contribution in [1.29, 1.82) is 0 Å². The second-order valence-corrected chi connectivity index (χ2v) is 5.33. The van der Waals surface area contributed by atoms with E-state index in [9.17, 15) is 15.2 Å². The van der Waals surface area contributed by atoms with Crippen LogP contribution in [0.1, 0.15) is 31.2 Å². The minimum Gasteiger partial charge on any atom is -0.504 e. The quantitative estimate of drug-likeness (QED) is 0.374. The number of rotatable bonds is 5. The maximum Gasteiger partial charge on any atom is 0.274 e. The Morgan fingerprint density at radius 1 is 1.57 bits per heavy atom. The normalized spacial score (nSPS) is 11.3. The highest BCUT2D eigenvalue weighted by Gasteiger charge is 2.16. The number of aromatic hydroxyl groups is 1. The van der Waals surface area contributed by atoms with Gasteiger partial charge in [0, 0.05) is 17.5 Å². The number of aromatic amines is 1. The molecular formula is C13H15N5O4S. The van der Waals surface area contributed by atoms with E-state index in [2.05, 4.69) is 15.3 Å². The molecule has 0 spiro atoms. The molecule has 0 aliphatic heterocycles. The minimum atomic E-state index is -0.581. The van der Waals surface area contributed by atoms with E-state index in [-0.39, 0.29) is 33.4 Å². The SMILES string of the molecule is COc1cc([N+](=O)[O-])cc(/C=N\n2c(C(C)C)n[nH]c2=S)c1O. The van der Waals surface area contributed by atoms with Crippen LogP contribution in [0.15, 0.2) is 17.2 Å². The van der Waals surface area contributed by atoms with E-state index < -0.39 is 4.92 Å². The molecule has 122 valence electrons. The van der Waals surface area contributed by atoms with Crippen molar-refractivity contribution < 1.29 is 14.8 Å². The first-order chi connectivity index (χ1) is 10.8. The number of methoxy groups -OCH3 is 1. The predicted molar refractivity (Wildman–Crippen MR) is 85.8 cm³/mol. The van der Waals surface area contributed by atoms with Crippen molar-refractivity contribution in [3.63, 3.8) is 0 Å². The summed E-state index contributed by atoms with van der Waals surface area (Å²) >= 11 is 5.09. The number of H-pyrrole nitrogens is 1. The highest BCUT2D eigenvalue weighted by Crippen LogP contribution is 2.33. The van der Waals surface area contributed by atoms with Gasteiger partial charge in [0.1, 0.15) is 0 Å². The lowest BCUT2D eigenvalue weighted by molar-refractivity contribution is -0.385. The first-order valence-corrected chi connectivity index (χ1v) is 7.03. The minimum absolute atomic E-state index is 0.0134. The number of ether oxygens (including phenoxy) is 1. The molecule has 10 heteroatoms. The lowest BCUT2D eigenvalue weighted by Crippen LogP contribution is -2.01. The number of phenols is 1. The molecule has 0 saturated heterocycles. The second kappa shape index (κ2) is 6.57. The molecule has 0 amide bonds. The van der Waals surface area contributed by atoms with Gasteiger partial charge in [0.05, 0.1) is 24.3 Å². The standard InChI is InChI=1S/C13H15N5O4S/c1-7(2)12-15-16-13(23)17(12)14-6-8-4-9(18(20)21)5-10(22-3)11(8)19/h4-7,19H,1-3H3,(H,16,23)/b14-6-. The molecule has 23 heavy (non-hydrogen) atoms. The van der Waals surface area contributed by atoms with Crippen molar-refractivity contribution in [2.24, 2.45) is 5.10 Å². The van der Waals surface area contributed by atoms with Gasteiger partial charge >= 0.3 is 0 Å². The molecule has 2 N–H and O–H groups in total. The number of hydrogen-bond acceptors (Lipinski definition) is 7. The Hall–Kier alpha value is -2.75. The smallest absolute Gasteiger partial charge is 0.274 e. The average Bonchev–Trinajstić information content (AvgIpc) is 2.87. The highest BCUT2D eigenvalue weighted by atomic mass is 32.1. The van der Waals surface area contributed by atoms with Crippen LogP contribution in [0.5, 0.6) is 11.5 Å². The Morgan fingerprint density at radius 2 is 2.26 bits per heavy atom. The van der Waals surface area contributed by atoms with Crippen LogP contribution in [0.25, 0.3) is 0 Å². The van der Waals surface area contributed by atoms with Crippen molar-refractivity contribution in [2.75, 3.05) is 7.11 Å². The van der Waals surface area contributed by atoms with E-state index in [1.807, 2.05) is 13.8 Å². The zero-order chi connectivity index (χ0) is 17.1. The van der Waals surface area contributed by atoms with Crippen LogP contribution in [0.2, 0.25) is 0 Å². The monoisotopic (exact) mass is 337 g/mol. The largest absolute Gasteiger partial charge is 0.504 e. The van der Waals surface area contributed by atoms with Gasteiger partial charge in [-0.05, 0) is 12.2 Å². The molecule has 2 aromatic rings. The fraction of sp³-hybridized carbons (Fsp3) is 0.308. The van der Waals surface area contributed by atoms with E-state index in [4.69, 9.17) is 17.0 Å². The van der Waals surface area contributed by atoms with E-state index in [1.165, 1.54) is 24.1 Å². The number of non-ortho nitro benzene ring substituents is 1. The van der Waals surface area contributed by atoms with Gasteiger partial charge < -0.3 is 9.84 Å². The molecule has 0 radical (unpaired) electrons. The van der Waals surface area contributed by atoms with Gasteiger partial charge in [0.25, 0.3) is 5.69 Å². The average molecular weight is 337 g/mol. The summed E-state index contributed by atoms with van der Waals surface area (Å²) in [6, 6.07) is 2.33. The van der Waals surface area contributed by atoms with Crippen LogP contribution in [-0.4, -0.2) is 38.2 Å². The van der Waals surface area contributed by atoms with Crippen molar-refractivity contribution in [3.05, 3.63) is 38.4 Å². The highest BCUT2D eigenvalue weighted by molar-refractivity contribution is 7.71. The van der Waals surface area contributed by atoms with Crippen molar-refractivity contribution in [3.8, 4) is 11.5 Å². The lowest BCUT2D eigenvalue weighted by atomic mass is 10.1. The molecule has 0 saturated carbocycles. The third kappa shape index (κ3) is 3.37. The summed E-state index contributed by atoms with van der Waals surface area (Å²) in [5, 5.41) is 31.9. The van der Waals surface area contributed by atoms with Gasteiger partial charge in [-0.1, -0.05) is 13.8 Å². The summed E-state index contributed by atoms with van der Waals surface area (Å²) in [5.74, 6) is 0.403. The summed E-state index contributed by atoms with van der Waals surface area (Å²) in [6.07, 6.45) is 1.27. The summed E-state index contributed by atoms with van der Waals surface area (Å²) in [5.41, 5.74) is -0.0881. The van der Waals surface area contributed by atoms with Gasteiger partial charge in [-0.3, -0.25) is 15.2 Å². The molecule has 0 unspecified atom stereocenters. The number of benzene rings is 1. The third-order valence-electron chi connectivity index (χ3n) is 3.02. The Morgan fingerprint density at radius 3 is 2.83 bits per heavy atom. The Kier molecular flexibility index (Phi) is 4.74. The van der Waals surface area contributed by atoms with E-state index in [0.29, 0.717) is 5.82 Å². The maximum absolute atomic E-state index is 11.0. The van der Waals surface area contributed by atoms with Crippen LogP contribution in [0.4, 0.5) is 5.69 Å². The number of aromatic nitrogens is 3. The Labute approximate surface area is 136 Å². The molecule has 1 aromatic carbocycles. The number of nitrogens with one attached hydrogen (secondary N) is 1. The molecule has 1 heterocycles. The van der Waals surface area contributed by atoms with Crippen LogP contribution < -0.4 is 4.74 Å². The first-order valence-electron chi connectivity index (χ1n) is 6.62. The van der Waals surface area contributed by atoms with Gasteiger partial charge in [-0.2, -0.15) is 14.9 Å². The zero-order valence-electron chi connectivity index (χ0n) is 12.7. The first kappa shape index (κ1) is 16.6. The van der Waals surface area contributed by atoms with E-state index >= 15 is 0 Å². The fourth-order valence-corrected chi connectivity index (χ4v) is 2.07. The molecule has 9 nitrogen and oxygen atoms in total. The van der Waals surface area contributed by atoms with Gasteiger partial charge in [0.15, 0.2) is 17.3 Å². The molecule has 1 aromatic heterocycles. The van der Waals surface area contributed by atoms with Crippen molar-refractivity contribution >= 4 is 24.1 Å². The molecule has 0 bridgehead atoms. The van der Waals surface area contributed by atoms with Crippen LogP contribution in [0.3, 0.4) is 0 Å². The summed E-state index contributed by atoms with van der Waals surface area (Å²) < 4.78 is 6.61. The number of nitro groups is 1. The second-order valence-electron chi connectivity index (χ2n) is 4.94. The maximum atomic E-state index is 11.0. The van der Waals surface area contributed by atoms with Crippen LogP contribution in [-0.2, 0) is 0 Å². The predicted octanol–water partition coefficient (Wildman–Crippen LogP) is 2.57. The molecule has 0 aliphatic rings. The topological polar surface area (TPSA) is 119 Å². The van der Waals surface area contributed by atoms with E-state index in [1.54, 1.807) is 0 Å². The summed E-state index contributed by atoms with van der Waals surface area (Å²) in [4.78, 5) is 10.4. The molecule has 0 aliphatic carbocycles. The summed E-state index contributed by atoms with van der Waals surface area (Å²) in [7, 11) is 1.31. The van der Waals surface area contributed by atoms with Gasteiger partial charge in [-0.15, -0.1) is 0 Å². The van der Waals surface area contributed by atoms with Crippen LogP contribution in [0, 0.1) is 14.9 Å². The number of hydrogen-bond donors (Lipinski definition) is 2. The zero-order valence-corrected chi connectivity index (χ0v) is 13.5. The van der Waals surface area contributed by atoms with Crippen molar-refractivity contribution in [2.45, 2.75) is 19.8 Å². The number of nitrogens with zero attached hydrogens (tertiary/aromatic N) is 4. The molecule has 2 rings (SSSR count). The van der Waals surface area contributed by atoms with Gasteiger partial charge in [0.2, 0.25) is 4.77 Å². The Bertz CT molecular complexity index is 824. The third-order valence-corrected chi connectivity index (χ3v) is 3.29. The summed E-state index contributed by atoms with van der Waals surface area (Å²) in [6.45, 7) is 3.84. The Balaban J connectivity index is 2.52. The molecule has 0 atom stereocenters. The fourth-order valence-electron chi connectivity index (χ4n) is 1.88. The number of phenolic OH excluding ortho intramolecular Hbond substituents is 1. The molecular weight excluding hydrogens is 322 g/mol. The van der Waals surface area contributed by atoms with Crippen LogP contribution >= 0.6 is 12.2 Å². The van der Waals surface area contributed by atoms with Gasteiger partial charge in [-0.25, -0.2) is 0 Å². The van der Waals surface area contributed by atoms with E-state index in [0.717, 1.165) is 6.07 Å². The van der Waals surface area contributed by atoms with Crippen molar-refractivity contribution in [1.82, 2.24) is 14.9 Å². The number of nitro benzene ring substituents is 1.